The molecule has 27 heavy (non-hydrogen) atoms. The van der Waals surface area contributed by atoms with Crippen molar-refractivity contribution < 1.29 is 4.79 Å². The average Bonchev–Trinajstić information content (AvgIpc) is 2.69. The van der Waals surface area contributed by atoms with Crippen LogP contribution in [0.25, 0.3) is 11.5 Å². The van der Waals surface area contributed by atoms with Crippen LogP contribution < -0.4 is 5.32 Å². The van der Waals surface area contributed by atoms with Crippen molar-refractivity contribution in [3.8, 4) is 11.5 Å². The molecular formula is C20H28N6O. The summed E-state index contributed by atoms with van der Waals surface area (Å²) < 4.78 is 0. The lowest BCUT2D eigenvalue weighted by molar-refractivity contribution is -0.130. The van der Waals surface area contributed by atoms with Gasteiger partial charge in [0.25, 0.3) is 0 Å². The fraction of sp³-hybridized carbons (Fsp3) is 0.500. The molecule has 0 radical (unpaired) electrons. The van der Waals surface area contributed by atoms with Crippen LogP contribution in [0, 0.1) is 0 Å². The molecule has 1 N–H and O–H groups in total. The number of likely N-dealkylation sites (N-methyl/N-ethyl adjacent to an activating group) is 1. The highest BCUT2D eigenvalue weighted by atomic mass is 16.2. The second-order valence-corrected chi connectivity index (χ2v) is 7.12. The Bertz CT molecular complexity index is 756. The number of aromatic nitrogens is 3. The molecule has 1 amide bonds. The van der Waals surface area contributed by atoms with E-state index in [1.54, 1.807) is 25.2 Å². The Balaban J connectivity index is 1.64. The maximum Gasteiger partial charge on any atom is 0.236 e. The molecule has 2 aromatic rings. The molecule has 3 rings (SSSR count). The van der Waals surface area contributed by atoms with Crippen molar-refractivity contribution >= 4 is 11.7 Å². The molecule has 1 aliphatic heterocycles. The van der Waals surface area contributed by atoms with Crippen LogP contribution in [-0.4, -0.2) is 70.4 Å². The molecule has 0 atom stereocenters. The molecule has 7 heteroatoms. The first kappa shape index (κ1) is 19.2. The Morgan fingerprint density at radius 3 is 2.67 bits per heavy atom. The van der Waals surface area contributed by atoms with Gasteiger partial charge in [0, 0.05) is 51.2 Å². The lowest BCUT2D eigenvalue weighted by Crippen LogP contribution is -2.44. The third-order valence-electron chi connectivity index (χ3n) is 4.83. The van der Waals surface area contributed by atoms with Crippen molar-refractivity contribution in [3.05, 3.63) is 36.2 Å². The number of hydrogen-bond acceptors (Lipinski definition) is 6. The summed E-state index contributed by atoms with van der Waals surface area (Å²) in [5.74, 6) is 1.67. The average molecular weight is 368 g/mol. The Morgan fingerprint density at radius 1 is 1.26 bits per heavy atom. The quantitative estimate of drug-likeness (QED) is 0.841. The Labute approximate surface area is 160 Å². The van der Waals surface area contributed by atoms with Gasteiger partial charge in [-0.15, -0.1) is 0 Å². The van der Waals surface area contributed by atoms with Gasteiger partial charge in [-0.25, -0.2) is 9.97 Å². The first-order valence-electron chi connectivity index (χ1n) is 9.53. The van der Waals surface area contributed by atoms with E-state index in [-0.39, 0.29) is 5.91 Å². The highest BCUT2D eigenvalue weighted by Gasteiger charge is 2.22. The molecule has 1 aliphatic rings. The SMILES string of the molecule is CCc1cc(NC2CCN(CC(=O)N(C)C)CC2)nc(-c2ccccn2)n1. The lowest BCUT2D eigenvalue weighted by atomic mass is 10.0. The Morgan fingerprint density at radius 2 is 2.04 bits per heavy atom. The largest absolute Gasteiger partial charge is 0.367 e. The van der Waals surface area contributed by atoms with E-state index in [9.17, 15) is 4.79 Å². The molecule has 3 heterocycles. The zero-order valence-corrected chi connectivity index (χ0v) is 16.4. The summed E-state index contributed by atoms with van der Waals surface area (Å²) >= 11 is 0. The van der Waals surface area contributed by atoms with Crippen LogP contribution in [0.4, 0.5) is 5.82 Å². The number of amides is 1. The van der Waals surface area contributed by atoms with E-state index in [1.807, 2.05) is 24.3 Å². The molecule has 1 saturated heterocycles. The molecule has 2 aromatic heterocycles. The van der Waals surface area contributed by atoms with Crippen molar-refractivity contribution in [1.82, 2.24) is 24.8 Å². The number of aryl methyl sites for hydroxylation is 1. The second kappa shape index (κ2) is 8.90. The van der Waals surface area contributed by atoms with Gasteiger partial charge in [0.2, 0.25) is 5.91 Å². The van der Waals surface area contributed by atoms with Gasteiger partial charge in [0.15, 0.2) is 5.82 Å². The van der Waals surface area contributed by atoms with Gasteiger partial charge in [-0.1, -0.05) is 13.0 Å². The number of anilines is 1. The van der Waals surface area contributed by atoms with Crippen molar-refractivity contribution in [3.63, 3.8) is 0 Å². The zero-order valence-electron chi connectivity index (χ0n) is 16.4. The van der Waals surface area contributed by atoms with Crippen LogP contribution in [0.2, 0.25) is 0 Å². The summed E-state index contributed by atoms with van der Waals surface area (Å²) in [5, 5.41) is 3.56. The number of carbonyl (C=O) groups is 1. The zero-order chi connectivity index (χ0) is 19.2. The van der Waals surface area contributed by atoms with Crippen LogP contribution in [0.3, 0.4) is 0 Å². The third-order valence-corrected chi connectivity index (χ3v) is 4.83. The standard InChI is InChI=1S/C20H28N6O/c1-4-15-13-18(24-20(23-15)17-7-5-6-10-21-17)22-16-8-11-26(12-9-16)14-19(27)25(2)3/h5-7,10,13,16H,4,8-9,11-12,14H2,1-3H3,(H,22,23,24). The van der Waals surface area contributed by atoms with E-state index in [1.165, 1.54) is 0 Å². The molecule has 0 unspecified atom stereocenters. The van der Waals surface area contributed by atoms with Gasteiger partial charge in [-0.3, -0.25) is 14.7 Å². The smallest absolute Gasteiger partial charge is 0.236 e. The maximum absolute atomic E-state index is 11.9. The van der Waals surface area contributed by atoms with E-state index in [2.05, 4.69) is 32.1 Å². The minimum atomic E-state index is 0.157. The number of nitrogens with one attached hydrogen (secondary N) is 1. The molecule has 0 bridgehead atoms. The fourth-order valence-electron chi connectivity index (χ4n) is 3.14. The van der Waals surface area contributed by atoms with Crippen LogP contribution in [0.1, 0.15) is 25.5 Å². The summed E-state index contributed by atoms with van der Waals surface area (Å²) in [5.41, 5.74) is 1.79. The molecule has 0 saturated carbocycles. The molecule has 0 aromatic carbocycles. The number of carbonyl (C=O) groups excluding carboxylic acids is 1. The summed E-state index contributed by atoms with van der Waals surface area (Å²) in [4.78, 5) is 29.4. The summed E-state index contributed by atoms with van der Waals surface area (Å²) in [6.45, 7) is 4.41. The van der Waals surface area contributed by atoms with Gasteiger partial charge in [0.1, 0.15) is 11.5 Å². The number of nitrogens with zero attached hydrogens (tertiary/aromatic N) is 5. The minimum Gasteiger partial charge on any atom is -0.367 e. The number of piperidine rings is 1. The van der Waals surface area contributed by atoms with Crippen molar-refractivity contribution in [2.75, 3.05) is 39.0 Å². The van der Waals surface area contributed by atoms with Crippen molar-refractivity contribution in [2.45, 2.75) is 32.2 Å². The van der Waals surface area contributed by atoms with Gasteiger partial charge in [-0.05, 0) is 31.4 Å². The Kier molecular flexibility index (Phi) is 6.34. The van der Waals surface area contributed by atoms with E-state index >= 15 is 0 Å². The highest BCUT2D eigenvalue weighted by molar-refractivity contribution is 5.77. The third kappa shape index (κ3) is 5.23. The van der Waals surface area contributed by atoms with Gasteiger partial charge in [-0.2, -0.15) is 0 Å². The van der Waals surface area contributed by atoms with Crippen LogP contribution in [0.15, 0.2) is 30.5 Å². The van der Waals surface area contributed by atoms with E-state index < -0.39 is 0 Å². The maximum atomic E-state index is 11.9. The minimum absolute atomic E-state index is 0.157. The molecule has 1 fully saturated rings. The second-order valence-electron chi connectivity index (χ2n) is 7.12. The Hall–Kier alpha value is -2.54. The lowest BCUT2D eigenvalue weighted by Gasteiger charge is -2.32. The predicted molar refractivity (Wildman–Crippen MR) is 106 cm³/mol. The van der Waals surface area contributed by atoms with Gasteiger partial charge < -0.3 is 10.2 Å². The molecule has 0 spiro atoms. The van der Waals surface area contributed by atoms with E-state index in [0.717, 1.165) is 49.6 Å². The van der Waals surface area contributed by atoms with Crippen molar-refractivity contribution in [1.29, 1.82) is 0 Å². The van der Waals surface area contributed by atoms with E-state index in [4.69, 9.17) is 0 Å². The van der Waals surface area contributed by atoms with Crippen LogP contribution in [0.5, 0.6) is 0 Å². The number of hydrogen-bond donors (Lipinski definition) is 1. The van der Waals surface area contributed by atoms with Crippen LogP contribution >= 0.6 is 0 Å². The summed E-state index contributed by atoms with van der Waals surface area (Å²) in [7, 11) is 3.60. The first-order valence-corrected chi connectivity index (χ1v) is 9.53. The number of likely N-dealkylation sites (tertiary alicyclic amines) is 1. The van der Waals surface area contributed by atoms with Crippen molar-refractivity contribution in [2.24, 2.45) is 0 Å². The van der Waals surface area contributed by atoms with Crippen LogP contribution in [-0.2, 0) is 11.2 Å². The van der Waals surface area contributed by atoms with Gasteiger partial charge >= 0.3 is 0 Å². The van der Waals surface area contributed by atoms with Gasteiger partial charge in [0.05, 0.1) is 6.54 Å². The summed E-state index contributed by atoms with van der Waals surface area (Å²) in [6, 6.07) is 8.14. The summed E-state index contributed by atoms with van der Waals surface area (Å²) in [6.07, 6.45) is 4.59. The monoisotopic (exact) mass is 368 g/mol. The highest BCUT2D eigenvalue weighted by Crippen LogP contribution is 2.19. The fourth-order valence-corrected chi connectivity index (χ4v) is 3.14. The molecular weight excluding hydrogens is 340 g/mol. The molecule has 7 nitrogen and oxygen atoms in total. The number of pyridine rings is 1. The first-order chi connectivity index (χ1) is 13.0. The normalized spacial score (nSPS) is 15.5. The molecule has 0 aliphatic carbocycles. The number of rotatable bonds is 6. The van der Waals surface area contributed by atoms with E-state index in [0.29, 0.717) is 18.4 Å². The molecule has 144 valence electrons. The topological polar surface area (TPSA) is 74.2 Å². The predicted octanol–water partition coefficient (Wildman–Crippen LogP) is 2.07.